The Morgan fingerprint density at radius 2 is 1.81 bits per heavy atom. The maximum atomic E-state index is 12.1. The SMILES string of the molecule is CCOc1ncc(C2(O)[C@@H]3CCC[C@H]2CN(Cc2cn[nH]c2C(C)(C)C)C3)c(OCC)n1. The van der Waals surface area contributed by atoms with E-state index in [1.165, 1.54) is 11.3 Å². The molecule has 0 amide bonds. The molecule has 4 rings (SSSR count). The molecule has 2 aromatic heterocycles. The monoisotopic (exact) mass is 443 g/mol. The third kappa shape index (κ3) is 4.22. The number of rotatable bonds is 7. The second-order valence-electron chi connectivity index (χ2n) is 10.1. The molecule has 2 bridgehead atoms. The first-order chi connectivity index (χ1) is 15.3. The summed E-state index contributed by atoms with van der Waals surface area (Å²) in [5.74, 6) is 0.644. The zero-order valence-corrected chi connectivity index (χ0v) is 20.0. The fraction of sp³-hybridized carbons (Fsp3) is 0.708. The van der Waals surface area contributed by atoms with E-state index in [9.17, 15) is 5.11 Å². The van der Waals surface area contributed by atoms with Gasteiger partial charge in [0.05, 0.1) is 25.0 Å². The molecule has 0 spiro atoms. The van der Waals surface area contributed by atoms with Gasteiger partial charge in [-0.2, -0.15) is 10.1 Å². The van der Waals surface area contributed by atoms with Crippen LogP contribution in [-0.4, -0.2) is 56.5 Å². The summed E-state index contributed by atoms with van der Waals surface area (Å²) in [5, 5.41) is 19.6. The number of aromatic amines is 1. The third-order valence-corrected chi connectivity index (χ3v) is 6.89. The highest BCUT2D eigenvalue weighted by atomic mass is 16.5. The van der Waals surface area contributed by atoms with Crippen LogP contribution in [0.4, 0.5) is 0 Å². The zero-order chi connectivity index (χ0) is 22.9. The van der Waals surface area contributed by atoms with E-state index in [1.54, 1.807) is 6.20 Å². The Morgan fingerprint density at radius 3 is 2.44 bits per heavy atom. The molecule has 2 aliphatic rings. The molecule has 1 saturated heterocycles. The van der Waals surface area contributed by atoms with E-state index in [4.69, 9.17) is 9.47 Å². The smallest absolute Gasteiger partial charge is 0.319 e. The average Bonchev–Trinajstić information content (AvgIpc) is 3.18. The van der Waals surface area contributed by atoms with Gasteiger partial charge in [0.25, 0.3) is 0 Å². The molecule has 1 unspecified atom stereocenters. The molecule has 3 atom stereocenters. The molecule has 2 aromatic rings. The summed E-state index contributed by atoms with van der Waals surface area (Å²) in [6, 6.07) is 0.292. The lowest BCUT2D eigenvalue weighted by molar-refractivity contribution is -0.150. The van der Waals surface area contributed by atoms with Gasteiger partial charge in [0, 0.05) is 54.3 Å². The zero-order valence-electron chi connectivity index (χ0n) is 20.0. The van der Waals surface area contributed by atoms with Gasteiger partial charge >= 0.3 is 6.01 Å². The molecule has 8 nitrogen and oxygen atoms in total. The van der Waals surface area contributed by atoms with Crippen molar-refractivity contribution in [3.8, 4) is 11.9 Å². The van der Waals surface area contributed by atoms with Gasteiger partial charge in [-0.15, -0.1) is 0 Å². The Hall–Kier alpha value is -2.19. The normalized spacial score (nSPS) is 26.2. The van der Waals surface area contributed by atoms with Crippen molar-refractivity contribution in [1.29, 1.82) is 0 Å². The molecule has 1 aliphatic carbocycles. The van der Waals surface area contributed by atoms with Crippen LogP contribution in [0.3, 0.4) is 0 Å². The molecular weight excluding hydrogens is 406 g/mol. The highest BCUT2D eigenvalue weighted by molar-refractivity contribution is 5.35. The first-order valence-electron chi connectivity index (χ1n) is 11.9. The number of aliphatic hydroxyl groups is 1. The number of fused-ring (bicyclic) bond motifs is 2. The minimum Gasteiger partial charge on any atom is -0.478 e. The van der Waals surface area contributed by atoms with Crippen LogP contribution in [-0.2, 0) is 17.6 Å². The standard InChI is InChI=1S/C24H37N5O3/c1-6-31-21-19(12-25-22(27-21)32-7-2)24(30)17-9-8-10-18(24)15-29(14-17)13-16-11-26-28-20(16)23(3,4)5/h11-12,17-18,30H,6-10,13-15H2,1-5H3,(H,26,28)/t17-,18+,24?. The van der Waals surface area contributed by atoms with Crippen molar-refractivity contribution in [3.05, 3.63) is 29.2 Å². The van der Waals surface area contributed by atoms with Crippen LogP contribution in [0.2, 0.25) is 0 Å². The maximum Gasteiger partial charge on any atom is 0.319 e. The first kappa shape index (κ1) is 23.0. The predicted octanol–water partition coefficient (Wildman–Crippen LogP) is 3.41. The van der Waals surface area contributed by atoms with E-state index < -0.39 is 5.60 Å². The summed E-state index contributed by atoms with van der Waals surface area (Å²) >= 11 is 0. The van der Waals surface area contributed by atoms with Crippen molar-refractivity contribution in [2.45, 2.75) is 71.4 Å². The molecule has 32 heavy (non-hydrogen) atoms. The molecule has 1 aliphatic heterocycles. The van der Waals surface area contributed by atoms with Crippen molar-refractivity contribution in [3.63, 3.8) is 0 Å². The predicted molar refractivity (Wildman–Crippen MR) is 122 cm³/mol. The van der Waals surface area contributed by atoms with Crippen LogP contribution in [0, 0.1) is 11.8 Å². The van der Waals surface area contributed by atoms with Gasteiger partial charge in [-0.3, -0.25) is 10.00 Å². The Labute approximate surface area is 190 Å². The quantitative estimate of drug-likeness (QED) is 0.677. The third-order valence-electron chi connectivity index (χ3n) is 6.89. The van der Waals surface area contributed by atoms with Crippen LogP contribution >= 0.6 is 0 Å². The van der Waals surface area contributed by atoms with Crippen molar-refractivity contribution in [1.82, 2.24) is 25.1 Å². The summed E-state index contributed by atoms with van der Waals surface area (Å²) < 4.78 is 11.3. The Balaban J connectivity index is 1.61. The summed E-state index contributed by atoms with van der Waals surface area (Å²) in [6.45, 7) is 13.9. The van der Waals surface area contributed by atoms with Gasteiger partial charge in [-0.1, -0.05) is 27.2 Å². The van der Waals surface area contributed by atoms with Crippen LogP contribution in [0.1, 0.15) is 70.7 Å². The number of hydrogen-bond acceptors (Lipinski definition) is 7. The van der Waals surface area contributed by atoms with Gasteiger partial charge in [-0.05, 0) is 26.7 Å². The van der Waals surface area contributed by atoms with Crippen molar-refractivity contribution in [2.24, 2.45) is 11.8 Å². The molecule has 8 heteroatoms. The second kappa shape index (κ2) is 8.98. The Kier molecular flexibility index (Phi) is 6.45. The number of ether oxygens (including phenoxy) is 2. The number of likely N-dealkylation sites (tertiary alicyclic amines) is 1. The topological polar surface area (TPSA) is 96.4 Å². The van der Waals surface area contributed by atoms with E-state index in [2.05, 4.69) is 45.8 Å². The van der Waals surface area contributed by atoms with Crippen LogP contribution in [0.25, 0.3) is 0 Å². The van der Waals surface area contributed by atoms with Gasteiger partial charge in [-0.25, -0.2) is 4.98 Å². The summed E-state index contributed by atoms with van der Waals surface area (Å²) in [6.07, 6.45) is 6.74. The number of H-pyrrole nitrogens is 1. The summed E-state index contributed by atoms with van der Waals surface area (Å²) in [5.41, 5.74) is 2.15. The van der Waals surface area contributed by atoms with E-state index in [0.29, 0.717) is 30.7 Å². The highest BCUT2D eigenvalue weighted by Crippen LogP contribution is 2.51. The number of piperidine rings is 1. The second-order valence-corrected chi connectivity index (χ2v) is 10.1. The van der Waals surface area contributed by atoms with Gasteiger partial charge in [0.1, 0.15) is 5.60 Å². The lowest BCUT2D eigenvalue weighted by Gasteiger charge is -2.53. The fourth-order valence-corrected chi connectivity index (χ4v) is 5.50. The van der Waals surface area contributed by atoms with E-state index in [1.807, 2.05) is 20.0 Å². The van der Waals surface area contributed by atoms with Gasteiger partial charge in [0.2, 0.25) is 5.88 Å². The number of aromatic nitrogens is 4. The summed E-state index contributed by atoms with van der Waals surface area (Å²) in [7, 11) is 0. The Bertz CT molecular complexity index is 909. The van der Waals surface area contributed by atoms with Crippen molar-refractivity contribution < 1.29 is 14.6 Å². The molecule has 0 radical (unpaired) electrons. The number of nitrogens with one attached hydrogen (secondary N) is 1. The molecule has 2 fully saturated rings. The molecule has 1 saturated carbocycles. The largest absolute Gasteiger partial charge is 0.478 e. The minimum atomic E-state index is -0.993. The molecule has 0 aromatic carbocycles. The summed E-state index contributed by atoms with van der Waals surface area (Å²) in [4.78, 5) is 11.3. The minimum absolute atomic E-state index is 0.0181. The first-order valence-corrected chi connectivity index (χ1v) is 11.9. The maximum absolute atomic E-state index is 12.1. The van der Waals surface area contributed by atoms with E-state index in [-0.39, 0.29) is 17.3 Å². The lowest BCUT2D eigenvalue weighted by atomic mass is 9.63. The molecule has 2 N–H and O–H groups in total. The van der Waals surface area contributed by atoms with Gasteiger partial charge < -0.3 is 14.6 Å². The average molecular weight is 444 g/mol. The van der Waals surface area contributed by atoms with E-state index >= 15 is 0 Å². The lowest BCUT2D eigenvalue weighted by Crippen LogP contribution is -2.58. The van der Waals surface area contributed by atoms with Crippen LogP contribution < -0.4 is 9.47 Å². The molecular formula is C24H37N5O3. The molecule has 176 valence electrons. The highest BCUT2D eigenvalue weighted by Gasteiger charge is 2.53. The number of hydrogen-bond donors (Lipinski definition) is 2. The Morgan fingerprint density at radius 1 is 1.12 bits per heavy atom. The fourth-order valence-electron chi connectivity index (χ4n) is 5.50. The molecule has 3 heterocycles. The van der Waals surface area contributed by atoms with Gasteiger partial charge in [0.15, 0.2) is 0 Å². The van der Waals surface area contributed by atoms with Crippen molar-refractivity contribution in [2.75, 3.05) is 26.3 Å². The van der Waals surface area contributed by atoms with Crippen LogP contribution in [0.5, 0.6) is 11.9 Å². The number of nitrogens with zero attached hydrogens (tertiary/aromatic N) is 4. The van der Waals surface area contributed by atoms with Crippen LogP contribution in [0.15, 0.2) is 12.4 Å². The van der Waals surface area contributed by atoms with Crippen molar-refractivity contribution >= 4 is 0 Å². The van der Waals surface area contributed by atoms with E-state index in [0.717, 1.165) is 38.9 Å².